The maximum absolute atomic E-state index is 14.7. The van der Waals surface area contributed by atoms with E-state index in [9.17, 15) is 17.6 Å². The molecule has 3 aromatic carbocycles. The third kappa shape index (κ3) is 4.50. The van der Waals surface area contributed by atoms with Crippen molar-refractivity contribution < 1.29 is 27.1 Å². The van der Waals surface area contributed by atoms with E-state index >= 15 is 0 Å². The van der Waals surface area contributed by atoms with E-state index in [0.29, 0.717) is 36.4 Å². The lowest BCUT2D eigenvalue weighted by molar-refractivity contribution is 0.0660. The van der Waals surface area contributed by atoms with Crippen LogP contribution in [0.15, 0.2) is 71.6 Å². The molecule has 0 unspecified atom stereocenters. The second kappa shape index (κ2) is 9.10. The van der Waals surface area contributed by atoms with E-state index in [1.54, 1.807) is 24.3 Å². The van der Waals surface area contributed by atoms with Gasteiger partial charge in [0.15, 0.2) is 17.5 Å². The number of likely N-dealkylation sites (tertiary alicyclic amines) is 1. The number of benzene rings is 3. The summed E-state index contributed by atoms with van der Waals surface area (Å²) >= 11 is 0. The highest BCUT2D eigenvalue weighted by Gasteiger charge is 2.28. The van der Waals surface area contributed by atoms with Gasteiger partial charge in [0.05, 0.1) is 6.61 Å². The lowest BCUT2D eigenvalue weighted by Crippen LogP contribution is -2.39. The molecule has 3 aromatic rings. The van der Waals surface area contributed by atoms with E-state index in [1.807, 2.05) is 35.2 Å². The van der Waals surface area contributed by atoms with Crippen LogP contribution in [0.2, 0.25) is 0 Å². The van der Waals surface area contributed by atoms with Gasteiger partial charge in [-0.1, -0.05) is 30.3 Å². The molecule has 176 valence electrons. The minimum Gasteiger partial charge on any atom is -0.490 e. The van der Waals surface area contributed by atoms with Crippen LogP contribution in [0.1, 0.15) is 23.2 Å². The van der Waals surface area contributed by atoms with E-state index in [0.717, 1.165) is 12.8 Å². The minimum atomic E-state index is -3.40. The largest absolute Gasteiger partial charge is 0.490 e. The Balaban J connectivity index is 1.18. The zero-order chi connectivity index (χ0) is 23.7. The van der Waals surface area contributed by atoms with Gasteiger partial charge in [-0.05, 0) is 66.3 Å². The van der Waals surface area contributed by atoms with Crippen LogP contribution in [0, 0.1) is 11.7 Å². The summed E-state index contributed by atoms with van der Waals surface area (Å²) in [4.78, 5) is 14.6. The number of fused-ring (bicyclic) bond motifs is 1. The number of hydrogen-bond acceptors (Lipinski definition) is 5. The van der Waals surface area contributed by atoms with Gasteiger partial charge in [-0.2, -0.15) is 0 Å². The zero-order valence-corrected chi connectivity index (χ0v) is 19.3. The molecule has 0 radical (unpaired) electrons. The second-order valence-corrected chi connectivity index (χ2v) is 10.5. The molecule has 2 aliphatic rings. The van der Waals surface area contributed by atoms with Crippen molar-refractivity contribution in [3.8, 4) is 22.6 Å². The molecule has 1 fully saturated rings. The first-order valence-electron chi connectivity index (χ1n) is 11.2. The van der Waals surface area contributed by atoms with Crippen molar-refractivity contribution in [1.29, 1.82) is 0 Å². The average Bonchev–Trinajstić information content (AvgIpc) is 3.17. The summed E-state index contributed by atoms with van der Waals surface area (Å²) in [7, 11) is -3.40. The fourth-order valence-corrected chi connectivity index (χ4v) is 5.44. The number of nitrogens with zero attached hydrogens (tertiary/aromatic N) is 1. The first-order chi connectivity index (χ1) is 16.4. The van der Waals surface area contributed by atoms with Gasteiger partial charge in [0, 0.05) is 18.7 Å². The first-order valence-corrected chi connectivity index (χ1v) is 12.8. The van der Waals surface area contributed by atoms with Gasteiger partial charge in [0.1, 0.15) is 10.6 Å². The molecular formula is C26H24FNO5S. The molecule has 0 aromatic heterocycles. The van der Waals surface area contributed by atoms with Crippen LogP contribution in [0.25, 0.3) is 11.1 Å². The minimum absolute atomic E-state index is 0.0381. The predicted octanol–water partition coefficient (Wildman–Crippen LogP) is 4.55. The maximum Gasteiger partial charge on any atom is 0.253 e. The molecule has 2 aliphatic heterocycles. The number of sulfone groups is 1. The summed E-state index contributed by atoms with van der Waals surface area (Å²) in [6.45, 7) is 1.69. The van der Waals surface area contributed by atoms with Crippen molar-refractivity contribution in [2.45, 2.75) is 17.7 Å². The summed E-state index contributed by atoms with van der Waals surface area (Å²) < 4.78 is 49.6. The molecule has 0 N–H and O–H groups in total. The quantitative estimate of drug-likeness (QED) is 0.535. The van der Waals surface area contributed by atoms with Crippen LogP contribution in [0.3, 0.4) is 0 Å². The van der Waals surface area contributed by atoms with Crippen LogP contribution in [-0.2, 0) is 9.84 Å². The second-order valence-electron chi connectivity index (χ2n) is 8.60. The van der Waals surface area contributed by atoms with Crippen LogP contribution >= 0.6 is 0 Å². The summed E-state index contributed by atoms with van der Waals surface area (Å²) in [5.41, 5.74) is 1.96. The molecule has 8 heteroatoms. The number of rotatable bonds is 5. The Labute approximate surface area is 197 Å². The average molecular weight is 482 g/mol. The molecule has 2 heterocycles. The highest BCUT2D eigenvalue weighted by molar-refractivity contribution is 7.91. The smallest absolute Gasteiger partial charge is 0.253 e. The van der Waals surface area contributed by atoms with E-state index in [-0.39, 0.29) is 34.2 Å². The number of hydrogen-bond donors (Lipinski definition) is 0. The van der Waals surface area contributed by atoms with Crippen LogP contribution < -0.4 is 9.47 Å². The normalized spacial score (nSPS) is 17.1. The molecule has 34 heavy (non-hydrogen) atoms. The SMILES string of the molecule is O=C(c1ccccc1)N1CCC(COc2ccc(-c3ccc4c(c3)OCS4(=O)=O)cc2F)CC1. The molecule has 6 nitrogen and oxygen atoms in total. The Morgan fingerprint density at radius 3 is 2.44 bits per heavy atom. The first kappa shape index (κ1) is 22.4. The molecule has 1 saturated heterocycles. The molecule has 1 amide bonds. The number of carbonyl (C=O) groups excluding carboxylic acids is 1. The van der Waals surface area contributed by atoms with E-state index in [1.165, 1.54) is 12.1 Å². The number of carbonyl (C=O) groups is 1. The van der Waals surface area contributed by atoms with Crippen molar-refractivity contribution in [1.82, 2.24) is 4.90 Å². The van der Waals surface area contributed by atoms with Crippen molar-refractivity contribution in [3.63, 3.8) is 0 Å². The zero-order valence-electron chi connectivity index (χ0n) is 18.4. The van der Waals surface area contributed by atoms with Gasteiger partial charge < -0.3 is 14.4 Å². The van der Waals surface area contributed by atoms with Crippen LogP contribution in [0.5, 0.6) is 11.5 Å². The Kier molecular flexibility index (Phi) is 6.00. The highest BCUT2D eigenvalue weighted by Crippen LogP contribution is 2.36. The number of piperidine rings is 1. The van der Waals surface area contributed by atoms with Crippen molar-refractivity contribution >= 4 is 15.7 Å². The highest BCUT2D eigenvalue weighted by atomic mass is 32.2. The van der Waals surface area contributed by atoms with Crippen LogP contribution in [0.4, 0.5) is 4.39 Å². The molecule has 0 spiro atoms. The third-order valence-electron chi connectivity index (χ3n) is 6.31. The van der Waals surface area contributed by atoms with Crippen molar-refractivity contribution in [3.05, 3.63) is 78.1 Å². The van der Waals surface area contributed by atoms with Crippen LogP contribution in [-0.4, -0.2) is 44.9 Å². The molecule has 0 saturated carbocycles. The molecule has 0 aliphatic carbocycles. The Morgan fingerprint density at radius 1 is 1.00 bits per heavy atom. The van der Waals surface area contributed by atoms with E-state index in [2.05, 4.69) is 0 Å². The Bertz CT molecular complexity index is 1320. The molecule has 5 rings (SSSR count). The topological polar surface area (TPSA) is 72.9 Å². The standard InChI is InChI=1S/C26H24FNO5S/c27-22-14-20(21-7-9-25-24(15-21)33-17-34(25,30)31)6-8-23(22)32-16-18-10-12-28(13-11-18)26(29)19-4-2-1-3-5-19/h1-9,14-15,18H,10-13,16-17H2. The summed E-state index contributed by atoms with van der Waals surface area (Å²) in [6.07, 6.45) is 1.60. The van der Waals surface area contributed by atoms with Gasteiger partial charge in [-0.3, -0.25) is 4.79 Å². The van der Waals surface area contributed by atoms with Crippen molar-refractivity contribution in [2.24, 2.45) is 5.92 Å². The van der Waals surface area contributed by atoms with Gasteiger partial charge in [-0.15, -0.1) is 0 Å². The summed E-state index contributed by atoms with van der Waals surface area (Å²) in [5, 5.41) is 0. The number of ether oxygens (including phenoxy) is 2. The number of amides is 1. The lowest BCUT2D eigenvalue weighted by atomic mass is 9.97. The summed E-state index contributed by atoms with van der Waals surface area (Å²) in [6, 6.07) is 18.7. The predicted molar refractivity (Wildman–Crippen MR) is 125 cm³/mol. The number of halogens is 1. The Hall–Kier alpha value is -3.39. The fraction of sp³-hybridized carbons (Fsp3) is 0.269. The van der Waals surface area contributed by atoms with Gasteiger partial charge in [0.2, 0.25) is 9.84 Å². The third-order valence-corrected chi connectivity index (χ3v) is 7.75. The van der Waals surface area contributed by atoms with E-state index in [4.69, 9.17) is 9.47 Å². The van der Waals surface area contributed by atoms with Crippen molar-refractivity contribution in [2.75, 3.05) is 25.6 Å². The van der Waals surface area contributed by atoms with Gasteiger partial charge in [-0.25, -0.2) is 12.8 Å². The van der Waals surface area contributed by atoms with Gasteiger partial charge in [0.25, 0.3) is 5.91 Å². The Morgan fingerprint density at radius 2 is 1.71 bits per heavy atom. The molecule has 0 atom stereocenters. The maximum atomic E-state index is 14.7. The fourth-order valence-electron chi connectivity index (χ4n) is 4.33. The molecular weight excluding hydrogens is 457 g/mol. The molecule has 0 bridgehead atoms. The lowest BCUT2D eigenvalue weighted by Gasteiger charge is -2.32. The van der Waals surface area contributed by atoms with E-state index < -0.39 is 15.7 Å². The van der Waals surface area contributed by atoms with Gasteiger partial charge >= 0.3 is 0 Å². The monoisotopic (exact) mass is 481 g/mol. The summed E-state index contributed by atoms with van der Waals surface area (Å²) in [5.74, 6) is -0.109.